The van der Waals surface area contributed by atoms with Crippen LogP contribution in [0.1, 0.15) is 48.3 Å². The van der Waals surface area contributed by atoms with Crippen molar-refractivity contribution in [3.8, 4) is 0 Å². The van der Waals surface area contributed by atoms with Gasteiger partial charge in [-0.15, -0.1) is 0 Å². The van der Waals surface area contributed by atoms with Crippen LogP contribution in [0.3, 0.4) is 0 Å². The summed E-state index contributed by atoms with van der Waals surface area (Å²) >= 11 is 0. The van der Waals surface area contributed by atoms with E-state index >= 15 is 0 Å². The van der Waals surface area contributed by atoms with Crippen LogP contribution in [0.15, 0.2) is 35.1 Å². The van der Waals surface area contributed by atoms with E-state index in [4.69, 9.17) is 0 Å². The molecule has 1 aromatic heterocycles. The Labute approximate surface area is 171 Å². The first-order valence-corrected chi connectivity index (χ1v) is 10.7. The van der Waals surface area contributed by atoms with Gasteiger partial charge < -0.3 is 10.3 Å². The molecule has 1 saturated heterocycles. The van der Waals surface area contributed by atoms with E-state index in [1.54, 1.807) is 6.92 Å². The molecule has 0 radical (unpaired) electrons. The van der Waals surface area contributed by atoms with Crippen molar-refractivity contribution >= 4 is 5.91 Å². The summed E-state index contributed by atoms with van der Waals surface area (Å²) in [5.74, 6) is 0.762. The van der Waals surface area contributed by atoms with Gasteiger partial charge in [0.15, 0.2) is 0 Å². The van der Waals surface area contributed by atoms with Gasteiger partial charge in [-0.25, -0.2) is 4.98 Å². The van der Waals surface area contributed by atoms with Gasteiger partial charge in [0.25, 0.3) is 5.56 Å². The number of aryl methyl sites for hydroxylation is 2. The number of nitrogens with zero attached hydrogens (tertiary/aromatic N) is 2. The first kappa shape index (κ1) is 19.8. The van der Waals surface area contributed by atoms with Crippen molar-refractivity contribution in [2.45, 2.75) is 58.0 Å². The number of aromatic amines is 1. The predicted molar refractivity (Wildman–Crippen MR) is 113 cm³/mol. The van der Waals surface area contributed by atoms with Crippen LogP contribution in [0, 0.1) is 12.8 Å². The summed E-state index contributed by atoms with van der Waals surface area (Å²) in [6.45, 7) is 4.80. The zero-order valence-corrected chi connectivity index (χ0v) is 17.1. The van der Waals surface area contributed by atoms with Gasteiger partial charge in [0.1, 0.15) is 5.82 Å². The molecule has 2 heterocycles. The number of carbonyl (C=O) groups excluding carboxylic acids is 1. The number of carbonyl (C=O) groups is 1. The van der Waals surface area contributed by atoms with E-state index in [0.29, 0.717) is 18.7 Å². The lowest BCUT2D eigenvalue weighted by atomic mass is 9.97. The van der Waals surface area contributed by atoms with Crippen molar-refractivity contribution in [1.82, 2.24) is 20.2 Å². The van der Waals surface area contributed by atoms with Crippen molar-refractivity contribution in [2.24, 2.45) is 5.92 Å². The van der Waals surface area contributed by atoms with E-state index in [0.717, 1.165) is 56.6 Å². The highest BCUT2D eigenvalue weighted by atomic mass is 16.2. The number of rotatable bonds is 4. The van der Waals surface area contributed by atoms with E-state index in [1.807, 2.05) is 6.07 Å². The molecule has 1 fully saturated rings. The quantitative estimate of drug-likeness (QED) is 0.781. The molecule has 1 aliphatic carbocycles. The standard InChI is InChI=1S/C23H30N4O2/c1-16-24-21-10-8-18(7-9-20(21)23(29)25-16)22(28)26-19-11-13-27(14-12-19)15-17-5-3-2-4-6-17/h2-6,18-19H,7-15H2,1H3,(H,26,28)(H,24,25,29). The number of likely N-dealkylation sites (tertiary alicyclic amines) is 1. The van der Waals surface area contributed by atoms with Crippen LogP contribution in [-0.4, -0.2) is 39.9 Å². The lowest BCUT2D eigenvalue weighted by Crippen LogP contribution is -2.46. The Morgan fingerprint density at radius 1 is 1.14 bits per heavy atom. The molecule has 0 bridgehead atoms. The van der Waals surface area contributed by atoms with Crippen LogP contribution in [0.2, 0.25) is 0 Å². The smallest absolute Gasteiger partial charge is 0.254 e. The fraction of sp³-hybridized carbons (Fsp3) is 0.522. The fourth-order valence-corrected chi connectivity index (χ4v) is 4.57. The summed E-state index contributed by atoms with van der Waals surface area (Å²) < 4.78 is 0. The molecule has 1 amide bonds. The van der Waals surface area contributed by atoms with Crippen LogP contribution < -0.4 is 10.9 Å². The molecular weight excluding hydrogens is 364 g/mol. The Hall–Kier alpha value is -2.47. The number of fused-ring (bicyclic) bond motifs is 1. The maximum atomic E-state index is 12.9. The molecule has 2 aromatic rings. The number of aromatic nitrogens is 2. The van der Waals surface area contributed by atoms with Crippen LogP contribution >= 0.6 is 0 Å². The van der Waals surface area contributed by atoms with E-state index < -0.39 is 0 Å². The van der Waals surface area contributed by atoms with E-state index in [-0.39, 0.29) is 23.4 Å². The van der Waals surface area contributed by atoms with Gasteiger partial charge in [0, 0.05) is 37.2 Å². The highest BCUT2D eigenvalue weighted by Gasteiger charge is 2.27. The molecule has 1 aromatic carbocycles. The average Bonchev–Trinajstić information content (AvgIpc) is 2.93. The summed E-state index contributed by atoms with van der Waals surface area (Å²) in [6, 6.07) is 10.8. The first-order chi connectivity index (χ1) is 14.1. The summed E-state index contributed by atoms with van der Waals surface area (Å²) in [5, 5.41) is 3.28. The zero-order valence-electron chi connectivity index (χ0n) is 17.1. The van der Waals surface area contributed by atoms with Crippen LogP contribution in [0.25, 0.3) is 0 Å². The van der Waals surface area contributed by atoms with Gasteiger partial charge in [0.05, 0.1) is 5.69 Å². The highest BCUT2D eigenvalue weighted by Crippen LogP contribution is 2.23. The number of amides is 1. The van der Waals surface area contributed by atoms with Gasteiger partial charge in [-0.3, -0.25) is 14.5 Å². The third-order valence-electron chi connectivity index (χ3n) is 6.25. The molecule has 2 N–H and O–H groups in total. The monoisotopic (exact) mass is 394 g/mol. The molecule has 1 unspecified atom stereocenters. The number of nitrogens with one attached hydrogen (secondary N) is 2. The Bertz CT molecular complexity index is 901. The maximum Gasteiger partial charge on any atom is 0.254 e. The lowest BCUT2D eigenvalue weighted by Gasteiger charge is -2.33. The minimum Gasteiger partial charge on any atom is -0.353 e. The predicted octanol–water partition coefficient (Wildman–Crippen LogP) is 2.35. The molecule has 0 spiro atoms. The summed E-state index contributed by atoms with van der Waals surface area (Å²) in [6.07, 6.45) is 4.80. The Balaban J connectivity index is 1.27. The minimum absolute atomic E-state index is 0.0359. The van der Waals surface area contributed by atoms with Gasteiger partial charge in [-0.2, -0.15) is 0 Å². The lowest BCUT2D eigenvalue weighted by molar-refractivity contribution is -0.126. The molecule has 154 valence electrons. The highest BCUT2D eigenvalue weighted by molar-refractivity contribution is 5.79. The molecule has 29 heavy (non-hydrogen) atoms. The van der Waals surface area contributed by atoms with Crippen molar-refractivity contribution < 1.29 is 4.79 Å². The van der Waals surface area contributed by atoms with Crippen molar-refractivity contribution in [2.75, 3.05) is 13.1 Å². The molecule has 1 aliphatic heterocycles. The Morgan fingerprint density at radius 2 is 1.86 bits per heavy atom. The summed E-state index contributed by atoms with van der Waals surface area (Å²) in [7, 11) is 0. The number of benzene rings is 1. The van der Waals surface area contributed by atoms with Crippen molar-refractivity contribution in [3.63, 3.8) is 0 Å². The Kier molecular flexibility index (Phi) is 6.09. The third-order valence-corrected chi connectivity index (χ3v) is 6.25. The average molecular weight is 395 g/mol. The van der Waals surface area contributed by atoms with E-state index in [9.17, 15) is 9.59 Å². The second-order valence-corrected chi connectivity index (χ2v) is 8.40. The second kappa shape index (κ2) is 8.91. The largest absolute Gasteiger partial charge is 0.353 e. The van der Waals surface area contributed by atoms with Crippen molar-refractivity contribution in [3.05, 3.63) is 63.3 Å². The second-order valence-electron chi connectivity index (χ2n) is 8.40. The number of hydrogen-bond acceptors (Lipinski definition) is 4. The van der Waals surface area contributed by atoms with Crippen LogP contribution in [0.5, 0.6) is 0 Å². The van der Waals surface area contributed by atoms with Gasteiger partial charge >= 0.3 is 0 Å². The molecule has 4 rings (SSSR count). The fourth-order valence-electron chi connectivity index (χ4n) is 4.57. The first-order valence-electron chi connectivity index (χ1n) is 10.7. The normalized spacial score (nSPS) is 20.7. The van der Waals surface area contributed by atoms with Gasteiger partial charge in [-0.05, 0) is 51.0 Å². The van der Waals surface area contributed by atoms with Crippen LogP contribution in [0.4, 0.5) is 0 Å². The topological polar surface area (TPSA) is 78.1 Å². The number of hydrogen-bond donors (Lipinski definition) is 2. The van der Waals surface area contributed by atoms with Crippen LogP contribution in [-0.2, 0) is 24.2 Å². The molecule has 6 nitrogen and oxygen atoms in total. The SMILES string of the molecule is Cc1nc2c(c(=O)[nH]1)CCC(C(=O)NC1CCN(Cc3ccccc3)CC1)CC2. The molecule has 2 aliphatic rings. The van der Waals surface area contributed by atoms with Crippen molar-refractivity contribution in [1.29, 1.82) is 0 Å². The number of piperidine rings is 1. The molecule has 0 saturated carbocycles. The Morgan fingerprint density at radius 3 is 2.62 bits per heavy atom. The van der Waals surface area contributed by atoms with Gasteiger partial charge in [-0.1, -0.05) is 30.3 Å². The van der Waals surface area contributed by atoms with E-state index in [1.165, 1.54) is 5.56 Å². The summed E-state index contributed by atoms with van der Waals surface area (Å²) in [4.78, 5) is 34.8. The van der Waals surface area contributed by atoms with E-state index in [2.05, 4.69) is 44.5 Å². The number of H-pyrrole nitrogens is 1. The van der Waals surface area contributed by atoms with Gasteiger partial charge in [0.2, 0.25) is 5.91 Å². The minimum atomic E-state index is -0.0423. The zero-order chi connectivity index (χ0) is 20.2. The maximum absolute atomic E-state index is 12.9. The summed E-state index contributed by atoms with van der Waals surface area (Å²) in [5.41, 5.74) is 2.93. The molecular formula is C23H30N4O2. The molecule has 1 atom stereocenters. The molecule has 6 heteroatoms. The third kappa shape index (κ3) is 4.93.